The summed E-state index contributed by atoms with van der Waals surface area (Å²) in [6.07, 6.45) is 37.2. The fourth-order valence-electron chi connectivity index (χ4n) is 4.09. The average molecular weight is 603 g/mol. The van der Waals surface area contributed by atoms with Crippen LogP contribution in [0, 0.1) is 0 Å². The van der Waals surface area contributed by atoms with Gasteiger partial charge in [-0.1, -0.05) is 92.7 Å². The number of unbranched alkanes of at least 4 members (excludes halogenated alkanes) is 4. The van der Waals surface area contributed by atoms with Crippen molar-refractivity contribution in [3.63, 3.8) is 0 Å². The zero-order chi connectivity index (χ0) is 32.0. The minimum atomic E-state index is -0.919. The second-order valence-electron chi connectivity index (χ2n) is 11.5. The normalized spacial score (nSPS) is 14.3. The Labute approximate surface area is 261 Å². The third kappa shape index (κ3) is 27.8. The Morgan fingerprint density at radius 2 is 1.19 bits per heavy atom. The molecule has 2 N–H and O–H groups in total. The highest BCUT2D eigenvalue weighted by molar-refractivity contribution is 5.72. The van der Waals surface area contributed by atoms with Gasteiger partial charge in [-0.25, -0.2) is 4.79 Å². The number of nitrogens with zero attached hydrogens (tertiary/aromatic N) is 1. The van der Waals surface area contributed by atoms with Gasteiger partial charge in [-0.3, -0.25) is 4.79 Å². The first-order valence-corrected chi connectivity index (χ1v) is 16.0. The monoisotopic (exact) mass is 602 g/mol. The van der Waals surface area contributed by atoms with Crippen molar-refractivity contribution in [2.75, 3.05) is 41.0 Å². The molecule has 0 spiro atoms. The number of hydrogen-bond donors (Lipinski definition) is 2. The summed E-state index contributed by atoms with van der Waals surface area (Å²) in [7, 11) is 5.46. The molecule has 0 heterocycles. The van der Waals surface area contributed by atoms with E-state index in [1.165, 1.54) is 0 Å². The Morgan fingerprint density at radius 1 is 0.698 bits per heavy atom. The number of esters is 1. The Kier molecular flexibility index (Phi) is 26.3. The maximum Gasteiger partial charge on any atom is 0.362 e. The molecule has 0 aromatic heterocycles. The predicted octanol–water partition coefficient (Wildman–Crippen LogP) is 7.49. The van der Waals surface area contributed by atoms with Crippen molar-refractivity contribution in [2.24, 2.45) is 0 Å². The van der Waals surface area contributed by atoms with Crippen molar-refractivity contribution < 1.29 is 33.8 Å². The fourth-order valence-corrected chi connectivity index (χ4v) is 4.09. The van der Waals surface area contributed by atoms with Gasteiger partial charge in [0.15, 0.2) is 6.04 Å². The van der Waals surface area contributed by atoms with E-state index in [1.54, 1.807) is 0 Å². The molecule has 0 aromatic rings. The summed E-state index contributed by atoms with van der Waals surface area (Å²) < 4.78 is 10.8. The van der Waals surface area contributed by atoms with Crippen molar-refractivity contribution in [3.8, 4) is 0 Å². The van der Waals surface area contributed by atoms with Gasteiger partial charge in [0, 0.05) is 12.8 Å². The molecular formula is C36H60NO6+. The molecule has 0 fully saturated rings. The minimum Gasteiger partial charge on any atom is -0.477 e. The summed E-state index contributed by atoms with van der Waals surface area (Å²) in [5, 5.41) is 19.3. The van der Waals surface area contributed by atoms with Gasteiger partial charge in [-0.15, -0.1) is 0 Å². The maximum absolute atomic E-state index is 11.9. The first-order valence-electron chi connectivity index (χ1n) is 16.0. The first kappa shape index (κ1) is 40.3. The molecule has 7 nitrogen and oxygen atoms in total. The number of quaternary nitrogens is 1. The highest BCUT2D eigenvalue weighted by atomic mass is 16.5. The van der Waals surface area contributed by atoms with Gasteiger partial charge in [-0.05, 0) is 57.8 Å². The van der Waals surface area contributed by atoms with Crippen LogP contribution in [0.15, 0.2) is 72.9 Å². The largest absolute Gasteiger partial charge is 0.477 e. The molecular weight excluding hydrogens is 542 g/mol. The van der Waals surface area contributed by atoms with Crippen molar-refractivity contribution in [1.29, 1.82) is 0 Å². The quantitative estimate of drug-likeness (QED) is 0.0438. The van der Waals surface area contributed by atoms with Crippen LogP contribution in [-0.4, -0.2) is 79.7 Å². The summed E-state index contributed by atoms with van der Waals surface area (Å²) in [6, 6.07) is -0.583. The number of aliphatic carboxylic acids is 1. The number of ether oxygens (including phenoxy) is 2. The number of rotatable bonds is 27. The van der Waals surface area contributed by atoms with Crippen LogP contribution in [0.5, 0.6) is 0 Å². The number of hydrogen-bond acceptors (Lipinski definition) is 5. The summed E-state index contributed by atoms with van der Waals surface area (Å²) in [5.41, 5.74) is 0. The average Bonchev–Trinajstić information content (AvgIpc) is 2.95. The van der Waals surface area contributed by atoms with E-state index in [2.05, 4.69) is 79.8 Å². The molecule has 0 saturated carbocycles. The summed E-state index contributed by atoms with van der Waals surface area (Å²) in [6.45, 7) is 2.26. The minimum absolute atomic E-state index is 0.00532. The number of aliphatic hydroxyl groups is 1. The van der Waals surface area contributed by atoms with Crippen LogP contribution < -0.4 is 0 Å². The van der Waals surface area contributed by atoms with E-state index in [1.807, 2.05) is 21.1 Å². The maximum atomic E-state index is 11.9. The number of aliphatic hydroxyl groups excluding tert-OH is 1. The topological polar surface area (TPSA) is 93.1 Å². The fraction of sp³-hybridized carbons (Fsp3) is 0.611. The van der Waals surface area contributed by atoms with Gasteiger partial charge in [0.1, 0.15) is 12.7 Å². The SMILES string of the molecule is CC/C=C/C/C=C/C/C=C/C/C=C/C/C=C/C/C=C/CCCCCCC(=O)OCC(O)COCCC(C(=O)O)[N+](C)(C)C. The van der Waals surface area contributed by atoms with Gasteiger partial charge in [0.25, 0.3) is 0 Å². The summed E-state index contributed by atoms with van der Waals surface area (Å²) >= 11 is 0. The number of carbonyl (C=O) groups excluding carboxylic acids is 1. The van der Waals surface area contributed by atoms with Gasteiger partial charge >= 0.3 is 11.9 Å². The molecule has 0 aliphatic rings. The standard InChI is InChI=1S/C36H59NO6/c1-5-6-7-8-9-10-11-12-13-14-15-16-17-18-19-20-21-22-23-24-25-26-27-28-35(39)43-32-33(38)31-42-30-29-34(36(40)41)37(2,3)4/h6-7,9-10,12-13,15-16,18-19,21-22,33-34,38H,5,8,11,14,17,20,23-32H2,1-4H3/p+1/b7-6+,10-9+,13-12+,16-15+,19-18+,22-21+. The van der Waals surface area contributed by atoms with Gasteiger partial charge in [0.2, 0.25) is 0 Å². The highest BCUT2D eigenvalue weighted by Gasteiger charge is 2.30. The van der Waals surface area contributed by atoms with Crippen molar-refractivity contribution in [1.82, 2.24) is 0 Å². The molecule has 0 bridgehead atoms. The number of carboxylic acids is 1. The van der Waals surface area contributed by atoms with Crippen LogP contribution in [0.2, 0.25) is 0 Å². The second kappa shape index (κ2) is 28.1. The molecule has 0 amide bonds. The van der Waals surface area contributed by atoms with Crippen LogP contribution in [0.1, 0.15) is 90.4 Å². The molecule has 244 valence electrons. The third-order valence-corrected chi connectivity index (χ3v) is 6.60. The number of likely N-dealkylation sites (N-methyl/N-ethyl adjacent to an activating group) is 1. The number of allylic oxidation sites excluding steroid dienone is 12. The number of carbonyl (C=O) groups is 2. The molecule has 2 atom stereocenters. The third-order valence-electron chi connectivity index (χ3n) is 6.60. The van der Waals surface area contributed by atoms with Crippen molar-refractivity contribution >= 4 is 11.9 Å². The van der Waals surface area contributed by atoms with Crippen molar-refractivity contribution in [2.45, 2.75) is 103 Å². The molecule has 0 aliphatic heterocycles. The van der Waals surface area contributed by atoms with Crippen molar-refractivity contribution in [3.05, 3.63) is 72.9 Å². The zero-order valence-electron chi connectivity index (χ0n) is 27.4. The van der Waals surface area contributed by atoms with E-state index < -0.39 is 18.1 Å². The highest BCUT2D eigenvalue weighted by Crippen LogP contribution is 2.09. The molecule has 0 saturated heterocycles. The van der Waals surface area contributed by atoms with Crippen LogP contribution in [0.3, 0.4) is 0 Å². The lowest BCUT2D eigenvalue weighted by Gasteiger charge is -2.31. The smallest absolute Gasteiger partial charge is 0.362 e. The van der Waals surface area contributed by atoms with Gasteiger partial charge in [-0.2, -0.15) is 0 Å². The molecule has 7 heteroatoms. The Balaban J connectivity index is 3.65. The molecule has 43 heavy (non-hydrogen) atoms. The van der Waals surface area contributed by atoms with Gasteiger partial charge < -0.3 is 24.2 Å². The number of carboxylic acid groups (broad SMARTS) is 1. The molecule has 0 rings (SSSR count). The molecule has 0 aromatic carbocycles. The summed E-state index contributed by atoms with van der Waals surface area (Å²) in [5.74, 6) is -1.19. The Bertz CT molecular complexity index is 879. The first-order chi connectivity index (χ1) is 20.7. The Hall–Kier alpha value is -2.74. The van der Waals surface area contributed by atoms with Gasteiger partial charge in [0.05, 0.1) is 34.4 Å². The second-order valence-corrected chi connectivity index (χ2v) is 11.5. The van der Waals surface area contributed by atoms with E-state index in [0.717, 1.165) is 70.6 Å². The molecule has 2 unspecified atom stereocenters. The van der Waals surface area contributed by atoms with Crippen LogP contribution in [0.4, 0.5) is 0 Å². The lowest BCUT2D eigenvalue weighted by Crippen LogP contribution is -2.50. The van der Waals surface area contributed by atoms with Crippen LogP contribution in [-0.2, 0) is 19.1 Å². The lowest BCUT2D eigenvalue weighted by molar-refractivity contribution is -0.887. The predicted molar refractivity (Wildman–Crippen MR) is 178 cm³/mol. The summed E-state index contributed by atoms with van der Waals surface area (Å²) in [4.78, 5) is 23.3. The van der Waals surface area contributed by atoms with E-state index in [0.29, 0.717) is 17.3 Å². The van der Waals surface area contributed by atoms with E-state index in [4.69, 9.17) is 9.47 Å². The molecule has 0 radical (unpaired) electrons. The van der Waals surface area contributed by atoms with E-state index >= 15 is 0 Å². The Morgan fingerprint density at radius 3 is 1.67 bits per heavy atom. The van der Waals surface area contributed by atoms with Crippen LogP contribution >= 0.6 is 0 Å². The molecule has 0 aliphatic carbocycles. The zero-order valence-corrected chi connectivity index (χ0v) is 27.4. The van der Waals surface area contributed by atoms with E-state index in [9.17, 15) is 19.8 Å². The van der Waals surface area contributed by atoms with E-state index in [-0.39, 0.29) is 25.8 Å². The van der Waals surface area contributed by atoms with Crippen LogP contribution in [0.25, 0.3) is 0 Å². The lowest BCUT2D eigenvalue weighted by atomic mass is 10.1.